The Bertz CT molecular complexity index is 916. The third-order valence-electron chi connectivity index (χ3n) is 4.69. The first kappa shape index (κ1) is 20.0. The normalized spacial score (nSPS) is 15.0. The Morgan fingerprint density at radius 3 is 2.41 bits per heavy atom. The molecule has 7 heteroatoms. The van der Waals surface area contributed by atoms with Crippen molar-refractivity contribution in [3.63, 3.8) is 0 Å². The van der Waals surface area contributed by atoms with Crippen molar-refractivity contribution in [1.29, 1.82) is 0 Å². The van der Waals surface area contributed by atoms with Crippen LogP contribution in [0.5, 0.6) is 0 Å². The molecular weight excluding hydrogens is 407 g/mol. The quantitative estimate of drug-likeness (QED) is 0.584. The van der Waals surface area contributed by atoms with Gasteiger partial charge in [0.2, 0.25) is 0 Å². The fraction of sp³-hybridized carbons (Fsp3) is 0.250. The third kappa shape index (κ3) is 4.41. The summed E-state index contributed by atoms with van der Waals surface area (Å²) in [4.78, 5) is 16.9. The molecule has 4 nitrogen and oxygen atoms in total. The molecule has 1 fully saturated rings. The Morgan fingerprint density at radius 2 is 1.70 bits per heavy atom. The van der Waals surface area contributed by atoms with Crippen molar-refractivity contribution in [3.05, 3.63) is 69.9 Å². The van der Waals surface area contributed by atoms with E-state index in [0.717, 1.165) is 36.2 Å². The number of hydrogen-bond acceptors (Lipinski definition) is 3. The van der Waals surface area contributed by atoms with Crippen molar-refractivity contribution in [2.24, 2.45) is 0 Å². The van der Waals surface area contributed by atoms with Gasteiger partial charge in [-0.15, -0.1) is 12.4 Å². The lowest BCUT2D eigenvalue weighted by Gasteiger charge is -2.34. The molecule has 3 aromatic rings. The molecule has 0 aliphatic carbocycles. The summed E-state index contributed by atoms with van der Waals surface area (Å²) in [5.74, 6) is 0.361. The molecule has 1 aliphatic rings. The van der Waals surface area contributed by atoms with Gasteiger partial charge in [-0.2, -0.15) is 0 Å². The molecule has 1 aliphatic heterocycles. The van der Waals surface area contributed by atoms with Crippen LogP contribution < -0.4 is 0 Å². The van der Waals surface area contributed by atoms with Crippen LogP contribution in [-0.4, -0.2) is 41.9 Å². The van der Waals surface area contributed by atoms with Crippen LogP contribution in [0.3, 0.4) is 0 Å². The number of carbonyl (C=O) groups excluding carboxylic acids is 1. The lowest BCUT2D eigenvalue weighted by atomic mass is 10.2. The maximum atomic E-state index is 12.7. The molecule has 0 unspecified atom stereocenters. The summed E-state index contributed by atoms with van der Waals surface area (Å²) in [5, 5.41) is 2.09. The fourth-order valence-electron chi connectivity index (χ4n) is 3.25. The minimum absolute atomic E-state index is 0. The minimum atomic E-state index is -0.0459. The highest BCUT2D eigenvalue weighted by Crippen LogP contribution is 2.24. The highest BCUT2D eigenvalue weighted by atomic mass is 35.5. The molecule has 1 saturated heterocycles. The Hall–Kier alpha value is -1.72. The number of carbonyl (C=O) groups is 1. The maximum Gasteiger partial charge on any atom is 0.289 e. The number of para-hydroxylation sites is 1. The van der Waals surface area contributed by atoms with Gasteiger partial charge in [-0.05, 0) is 29.8 Å². The molecule has 4 rings (SSSR count). The first-order valence-electron chi connectivity index (χ1n) is 8.54. The number of piperazine rings is 1. The molecule has 0 N–H and O–H groups in total. The molecule has 0 saturated carbocycles. The summed E-state index contributed by atoms with van der Waals surface area (Å²) in [6, 6.07) is 15.2. The average Bonchev–Trinajstić information content (AvgIpc) is 3.09. The summed E-state index contributed by atoms with van der Waals surface area (Å²) in [7, 11) is 0. The van der Waals surface area contributed by atoms with Crippen LogP contribution in [0.4, 0.5) is 0 Å². The summed E-state index contributed by atoms with van der Waals surface area (Å²) < 4.78 is 5.70. The van der Waals surface area contributed by atoms with Gasteiger partial charge in [0, 0.05) is 38.1 Å². The van der Waals surface area contributed by atoms with Gasteiger partial charge in [0.15, 0.2) is 5.76 Å². The Labute approximate surface area is 174 Å². The molecule has 2 heterocycles. The van der Waals surface area contributed by atoms with Crippen LogP contribution >= 0.6 is 35.6 Å². The molecule has 1 aromatic heterocycles. The minimum Gasteiger partial charge on any atom is -0.451 e. The zero-order chi connectivity index (χ0) is 18.1. The molecule has 1 amide bonds. The number of nitrogens with zero attached hydrogens (tertiary/aromatic N) is 2. The van der Waals surface area contributed by atoms with E-state index in [9.17, 15) is 4.79 Å². The highest BCUT2D eigenvalue weighted by molar-refractivity contribution is 6.42. The van der Waals surface area contributed by atoms with Crippen LogP contribution in [0.2, 0.25) is 10.0 Å². The highest BCUT2D eigenvalue weighted by Gasteiger charge is 2.24. The zero-order valence-electron chi connectivity index (χ0n) is 14.5. The van der Waals surface area contributed by atoms with E-state index in [1.54, 1.807) is 0 Å². The second kappa shape index (κ2) is 8.53. The number of hydrogen-bond donors (Lipinski definition) is 0. The van der Waals surface area contributed by atoms with Gasteiger partial charge in [0.05, 0.1) is 10.0 Å². The monoisotopic (exact) mass is 424 g/mol. The topological polar surface area (TPSA) is 36.7 Å². The van der Waals surface area contributed by atoms with Crippen molar-refractivity contribution >= 4 is 52.5 Å². The van der Waals surface area contributed by atoms with Crippen molar-refractivity contribution in [3.8, 4) is 0 Å². The van der Waals surface area contributed by atoms with E-state index >= 15 is 0 Å². The van der Waals surface area contributed by atoms with Gasteiger partial charge in [-0.3, -0.25) is 9.69 Å². The van der Waals surface area contributed by atoms with Crippen LogP contribution in [0, 0.1) is 0 Å². The Kier molecular flexibility index (Phi) is 6.33. The van der Waals surface area contributed by atoms with E-state index in [0.29, 0.717) is 28.9 Å². The molecule has 2 aromatic carbocycles. The first-order valence-corrected chi connectivity index (χ1v) is 9.30. The molecule has 0 atom stereocenters. The lowest BCUT2D eigenvalue weighted by Crippen LogP contribution is -2.48. The molecule has 27 heavy (non-hydrogen) atoms. The first-order chi connectivity index (χ1) is 12.6. The van der Waals surface area contributed by atoms with Crippen LogP contribution in [0.1, 0.15) is 16.1 Å². The summed E-state index contributed by atoms with van der Waals surface area (Å²) in [6.45, 7) is 3.77. The predicted octanol–water partition coefficient (Wildman–Crippen LogP) is 5.12. The largest absolute Gasteiger partial charge is 0.451 e. The van der Waals surface area contributed by atoms with E-state index in [2.05, 4.69) is 4.90 Å². The number of halogens is 3. The molecule has 0 radical (unpaired) electrons. The molecule has 142 valence electrons. The van der Waals surface area contributed by atoms with Gasteiger partial charge in [0.1, 0.15) is 5.58 Å². The average molecular weight is 426 g/mol. The summed E-state index contributed by atoms with van der Waals surface area (Å²) in [5.41, 5.74) is 1.87. The number of furan rings is 1. The zero-order valence-corrected chi connectivity index (χ0v) is 16.9. The third-order valence-corrected chi connectivity index (χ3v) is 5.43. The van der Waals surface area contributed by atoms with E-state index < -0.39 is 0 Å². The van der Waals surface area contributed by atoms with Gasteiger partial charge in [-0.1, -0.05) is 47.5 Å². The second-order valence-corrected chi connectivity index (χ2v) is 7.28. The number of fused-ring (bicyclic) bond motifs is 1. The van der Waals surface area contributed by atoms with Crippen LogP contribution in [0.15, 0.2) is 52.9 Å². The number of benzene rings is 2. The SMILES string of the molecule is Cl.O=C(c1cc2ccccc2o1)N1CCN(Cc2ccc(Cl)c(Cl)c2)CC1. The van der Waals surface area contributed by atoms with Crippen LogP contribution in [-0.2, 0) is 6.54 Å². The smallest absolute Gasteiger partial charge is 0.289 e. The van der Waals surface area contributed by atoms with E-state index in [4.69, 9.17) is 27.6 Å². The second-order valence-electron chi connectivity index (χ2n) is 6.47. The van der Waals surface area contributed by atoms with Crippen molar-refractivity contribution < 1.29 is 9.21 Å². The fourth-order valence-corrected chi connectivity index (χ4v) is 3.57. The summed E-state index contributed by atoms with van der Waals surface area (Å²) >= 11 is 12.1. The molecule has 0 spiro atoms. The van der Waals surface area contributed by atoms with Crippen molar-refractivity contribution in [1.82, 2.24) is 9.80 Å². The molecular formula is C20H19Cl3N2O2. The Balaban J connectivity index is 0.00000210. The van der Waals surface area contributed by atoms with Crippen molar-refractivity contribution in [2.45, 2.75) is 6.54 Å². The van der Waals surface area contributed by atoms with Gasteiger partial charge < -0.3 is 9.32 Å². The standard InChI is InChI=1S/C20H18Cl2N2O2.ClH/c21-16-6-5-14(11-17(16)22)13-23-7-9-24(10-8-23)20(25)19-12-15-3-1-2-4-18(15)26-19;/h1-6,11-12H,7-10,13H2;1H. The Morgan fingerprint density at radius 1 is 0.963 bits per heavy atom. The van der Waals surface area contributed by atoms with Crippen molar-refractivity contribution in [2.75, 3.05) is 26.2 Å². The number of rotatable bonds is 3. The summed E-state index contributed by atoms with van der Waals surface area (Å²) in [6.07, 6.45) is 0. The van der Waals surface area contributed by atoms with Gasteiger partial charge in [-0.25, -0.2) is 0 Å². The van der Waals surface area contributed by atoms with Gasteiger partial charge in [0.25, 0.3) is 5.91 Å². The van der Waals surface area contributed by atoms with E-state index in [1.807, 2.05) is 53.4 Å². The number of amides is 1. The van der Waals surface area contributed by atoms with E-state index in [1.165, 1.54) is 0 Å². The predicted molar refractivity (Wildman–Crippen MR) is 111 cm³/mol. The van der Waals surface area contributed by atoms with Gasteiger partial charge >= 0.3 is 0 Å². The molecule has 0 bridgehead atoms. The lowest BCUT2D eigenvalue weighted by molar-refractivity contribution is 0.0600. The maximum absolute atomic E-state index is 12.7. The van der Waals surface area contributed by atoms with E-state index in [-0.39, 0.29) is 18.3 Å². The van der Waals surface area contributed by atoms with Crippen LogP contribution in [0.25, 0.3) is 11.0 Å².